The molecule has 0 aromatic heterocycles. The number of fused-ring (bicyclic) bond motifs is 1. The van der Waals surface area contributed by atoms with Crippen LogP contribution < -0.4 is 10.6 Å². The molecule has 0 spiro atoms. The van der Waals surface area contributed by atoms with E-state index in [0.29, 0.717) is 0 Å². The van der Waals surface area contributed by atoms with Crippen LogP contribution in [0.1, 0.15) is 19.4 Å². The number of anilines is 2. The molecule has 0 saturated carbocycles. The number of carbonyl (C=O) groups is 1. The molecule has 1 atom stereocenters. The molecule has 1 aliphatic rings. The van der Waals surface area contributed by atoms with E-state index in [1.54, 1.807) is 6.92 Å². The van der Waals surface area contributed by atoms with Gasteiger partial charge in [-0.3, -0.25) is 4.79 Å². The summed E-state index contributed by atoms with van der Waals surface area (Å²) in [4.78, 5) is 13.2. The largest absolute Gasteiger partial charge is 0.399 e. The molecule has 14 heavy (non-hydrogen) atoms. The fourth-order valence-corrected chi connectivity index (χ4v) is 2.13. The lowest BCUT2D eigenvalue weighted by atomic mass is 10.1. The van der Waals surface area contributed by atoms with Gasteiger partial charge >= 0.3 is 0 Å². The third-order valence-electron chi connectivity index (χ3n) is 2.66. The van der Waals surface area contributed by atoms with Crippen molar-refractivity contribution in [3.05, 3.63) is 23.8 Å². The number of rotatable bonds is 0. The Bertz CT molecular complexity index is 387. The molecule has 0 bridgehead atoms. The molecule has 3 nitrogen and oxygen atoms in total. The number of nitrogens with zero attached hydrogens (tertiary/aromatic N) is 1. The van der Waals surface area contributed by atoms with Crippen molar-refractivity contribution in [3.8, 4) is 0 Å². The van der Waals surface area contributed by atoms with E-state index in [-0.39, 0.29) is 11.9 Å². The molecule has 1 aliphatic heterocycles. The van der Waals surface area contributed by atoms with Gasteiger partial charge in [-0.05, 0) is 37.1 Å². The van der Waals surface area contributed by atoms with Crippen LogP contribution in [0.3, 0.4) is 0 Å². The Kier molecular flexibility index (Phi) is 1.95. The lowest BCUT2D eigenvalue weighted by Gasteiger charge is -2.20. The van der Waals surface area contributed by atoms with E-state index >= 15 is 0 Å². The lowest BCUT2D eigenvalue weighted by molar-refractivity contribution is -0.116. The number of hydrogen-bond donors (Lipinski definition) is 1. The average molecular weight is 190 g/mol. The molecule has 2 N–H and O–H groups in total. The second-order valence-corrected chi connectivity index (χ2v) is 3.83. The number of nitrogen functional groups attached to an aromatic ring is 1. The smallest absolute Gasteiger partial charge is 0.224 e. The molecule has 1 heterocycles. The first-order chi connectivity index (χ1) is 6.59. The van der Waals surface area contributed by atoms with Gasteiger partial charge in [-0.15, -0.1) is 0 Å². The molecular weight excluding hydrogens is 176 g/mol. The van der Waals surface area contributed by atoms with Gasteiger partial charge in [0.15, 0.2) is 0 Å². The van der Waals surface area contributed by atoms with Gasteiger partial charge in [0, 0.05) is 24.3 Å². The van der Waals surface area contributed by atoms with Gasteiger partial charge in [0.05, 0.1) is 0 Å². The van der Waals surface area contributed by atoms with E-state index in [4.69, 9.17) is 5.73 Å². The zero-order valence-electron chi connectivity index (χ0n) is 8.45. The standard InChI is InChI=1S/C11H14N2O/c1-7-5-9-6-10(12)3-4-11(9)13(7)8(2)14/h3-4,6-7H,5,12H2,1-2H3. The number of nitrogens with two attached hydrogens (primary N) is 1. The number of carbonyl (C=O) groups excluding carboxylic acids is 1. The highest BCUT2D eigenvalue weighted by atomic mass is 16.2. The van der Waals surface area contributed by atoms with Gasteiger partial charge in [0.1, 0.15) is 0 Å². The Morgan fingerprint density at radius 3 is 2.93 bits per heavy atom. The predicted octanol–water partition coefficient (Wildman–Crippen LogP) is 1.57. The highest BCUT2D eigenvalue weighted by molar-refractivity contribution is 5.94. The summed E-state index contributed by atoms with van der Waals surface area (Å²) in [6.45, 7) is 3.65. The normalized spacial score (nSPS) is 19.6. The Morgan fingerprint density at radius 2 is 2.29 bits per heavy atom. The fraction of sp³-hybridized carbons (Fsp3) is 0.364. The van der Waals surface area contributed by atoms with E-state index in [1.165, 1.54) is 5.56 Å². The Balaban J connectivity index is 2.48. The predicted molar refractivity (Wildman–Crippen MR) is 57.2 cm³/mol. The van der Waals surface area contributed by atoms with Crippen LogP contribution in [0.4, 0.5) is 11.4 Å². The van der Waals surface area contributed by atoms with Gasteiger partial charge in [0.2, 0.25) is 5.91 Å². The van der Waals surface area contributed by atoms with Crippen molar-refractivity contribution < 1.29 is 4.79 Å². The van der Waals surface area contributed by atoms with Crippen molar-refractivity contribution in [1.82, 2.24) is 0 Å². The van der Waals surface area contributed by atoms with Crippen molar-refractivity contribution in [3.63, 3.8) is 0 Å². The number of hydrogen-bond acceptors (Lipinski definition) is 2. The van der Waals surface area contributed by atoms with Crippen molar-refractivity contribution >= 4 is 17.3 Å². The molecule has 0 aliphatic carbocycles. The fourth-order valence-electron chi connectivity index (χ4n) is 2.13. The maximum atomic E-state index is 11.4. The minimum absolute atomic E-state index is 0.0982. The topological polar surface area (TPSA) is 46.3 Å². The van der Waals surface area contributed by atoms with E-state index in [1.807, 2.05) is 23.1 Å². The molecule has 3 heteroatoms. The Hall–Kier alpha value is -1.51. The quantitative estimate of drug-likeness (QED) is 0.631. The minimum atomic E-state index is 0.0982. The second kappa shape index (κ2) is 3.01. The number of benzene rings is 1. The molecule has 74 valence electrons. The van der Waals surface area contributed by atoms with Crippen molar-refractivity contribution in [1.29, 1.82) is 0 Å². The van der Waals surface area contributed by atoms with Crippen molar-refractivity contribution in [2.45, 2.75) is 26.3 Å². The highest BCUT2D eigenvalue weighted by Crippen LogP contribution is 2.33. The molecule has 2 rings (SSSR count). The van der Waals surface area contributed by atoms with Gasteiger partial charge in [-0.2, -0.15) is 0 Å². The molecule has 1 unspecified atom stereocenters. The van der Waals surface area contributed by atoms with Crippen molar-refractivity contribution in [2.24, 2.45) is 0 Å². The molecule has 0 radical (unpaired) electrons. The van der Waals surface area contributed by atoms with Crippen LogP contribution in [-0.2, 0) is 11.2 Å². The summed E-state index contributed by atoms with van der Waals surface area (Å²) < 4.78 is 0. The summed E-state index contributed by atoms with van der Waals surface area (Å²) in [5.74, 6) is 0.0982. The van der Waals surface area contributed by atoms with E-state index in [2.05, 4.69) is 6.92 Å². The SMILES string of the molecule is CC(=O)N1c2ccc(N)cc2CC1C. The van der Waals surface area contributed by atoms with E-state index in [0.717, 1.165) is 17.8 Å². The van der Waals surface area contributed by atoms with Gasteiger partial charge < -0.3 is 10.6 Å². The van der Waals surface area contributed by atoms with Gasteiger partial charge in [-0.1, -0.05) is 0 Å². The third kappa shape index (κ3) is 1.25. The zero-order chi connectivity index (χ0) is 10.3. The van der Waals surface area contributed by atoms with Crippen LogP contribution in [-0.4, -0.2) is 11.9 Å². The van der Waals surface area contributed by atoms with Gasteiger partial charge in [-0.25, -0.2) is 0 Å². The Morgan fingerprint density at radius 1 is 1.57 bits per heavy atom. The summed E-state index contributed by atoms with van der Waals surface area (Å²) in [7, 11) is 0. The molecule has 1 aromatic carbocycles. The van der Waals surface area contributed by atoms with E-state index < -0.39 is 0 Å². The zero-order valence-corrected chi connectivity index (χ0v) is 8.45. The summed E-state index contributed by atoms with van der Waals surface area (Å²) in [6, 6.07) is 5.97. The second-order valence-electron chi connectivity index (χ2n) is 3.83. The first-order valence-electron chi connectivity index (χ1n) is 4.78. The summed E-state index contributed by atoms with van der Waals surface area (Å²) in [6.07, 6.45) is 0.903. The molecule has 1 amide bonds. The maximum Gasteiger partial charge on any atom is 0.224 e. The summed E-state index contributed by atoms with van der Waals surface area (Å²) >= 11 is 0. The maximum absolute atomic E-state index is 11.4. The van der Waals surface area contributed by atoms with Crippen LogP contribution >= 0.6 is 0 Å². The first kappa shape index (κ1) is 9.06. The lowest BCUT2D eigenvalue weighted by Crippen LogP contribution is -2.33. The molecule has 0 saturated heterocycles. The van der Waals surface area contributed by atoms with Crippen LogP contribution in [0, 0.1) is 0 Å². The molecule has 0 fully saturated rings. The Labute approximate surface area is 83.5 Å². The highest BCUT2D eigenvalue weighted by Gasteiger charge is 2.28. The first-order valence-corrected chi connectivity index (χ1v) is 4.78. The van der Waals surface area contributed by atoms with Crippen molar-refractivity contribution in [2.75, 3.05) is 10.6 Å². The van der Waals surface area contributed by atoms with E-state index in [9.17, 15) is 4.79 Å². The summed E-state index contributed by atoms with van der Waals surface area (Å²) in [5, 5.41) is 0. The summed E-state index contributed by atoms with van der Waals surface area (Å²) in [5.41, 5.74) is 8.65. The molecular formula is C11H14N2O. The minimum Gasteiger partial charge on any atom is -0.399 e. The molecule has 1 aromatic rings. The van der Waals surface area contributed by atoms with Crippen LogP contribution in [0.25, 0.3) is 0 Å². The van der Waals surface area contributed by atoms with Gasteiger partial charge in [0.25, 0.3) is 0 Å². The average Bonchev–Trinajstić information content (AvgIpc) is 2.39. The number of amides is 1. The van der Waals surface area contributed by atoms with Crippen LogP contribution in [0.2, 0.25) is 0 Å². The third-order valence-corrected chi connectivity index (χ3v) is 2.66. The van der Waals surface area contributed by atoms with Crippen LogP contribution in [0.5, 0.6) is 0 Å². The van der Waals surface area contributed by atoms with Crippen LogP contribution in [0.15, 0.2) is 18.2 Å². The monoisotopic (exact) mass is 190 g/mol.